The summed E-state index contributed by atoms with van der Waals surface area (Å²) in [6.45, 7) is 4.82. The van der Waals surface area contributed by atoms with Crippen molar-refractivity contribution in [1.82, 2.24) is 10.5 Å². The van der Waals surface area contributed by atoms with Crippen LogP contribution in [0.3, 0.4) is 0 Å². The Morgan fingerprint density at radius 1 is 1.29 bits per heavy atom. The molecule has 3 N–H and O–H groups in total. The van der Waals surface area contributed by atoms with Crippen LogP contribution in [0.1, 0.15) is 32.9 Å². The van der Waals surface area contributed by atoms with E-state index in [-0.39, 0.29) is 18.3 Å². The number of aryl methyl sites for hydroxylation is 2. The van der Waals surface area contributed by atoms with Gasteiger partial charge in [0.15, 0.2) is 0 Å². The average molecular weight is 310 g/mol. The van der Waals surface area contributed by atoms with Gasteiger partial charge < -0.3 is 15.6 Å². The van der Waals surface area contributed by atoms with Crippen molar-refractivity contribution in [2.75, 3.05) is 6.54 Å². The predicted octanol–water partition coefficient (Wildman–Crippen LogP) is 2.14. The number of carbonyl (C=O) groups excluding carboxylic acids is 1. The molecule has 1 aromatic carbocycles. The quantitative estimate of drug-likeness (QED) is 0.886. The third kappa shape index (κ3) is 4.31. The molecule has 0 radical (unpaired) electrons. The van der Waals surface area contributed by atoms with E-state index in [4.69, 9.17) is 10.3 Å². The number of nitrogens with two attached hydrogens (primary N) is 1. The maximum atomic E-state index is 12.0. The fraction of sp³-hybridized carbons (Fsp3) is 0.333. The molecule has 0 fully saturated rings. The van der Waals surface area contributed by atoms with Crippen LogP contribution in [0.25, 0.3) is 0 Å². The topological polar surface area (TPSA) is 81.2 Å². The number of nitrogens with zero attached hydrogens (tertiary/aromatic N) is 1. The Balaban J connectivity index is 0.00000220. The summed E-state index contributed by atoms with van der Waals surface area (Å²) in [5, 5.41) is 6.78. The minimum atomic E-state index is -0.0830. The first-order valence-electron chi connectivity index (χ1n) is 6.60. The summed E-state index contributed by atoms with van der Waals surface area (Å²) in [6.07, 6.45) is 0.716. The number of halogens is 1. The predicted molar refractivity (Wildman–Crippen MR) is 83.6 cm³/mol. The van der Waals surface area contributed by atoms with Gasteiger partial charge in [0.1, 0.15) is 5.76 Å². The number of hydrogen-bond acceptors (Lipinski definition) is 4. The molecule has 6 heteroatoms. The van der Waals surface area contributed by atoms with Gasteiger partial charge in [-0.3, -0.25) is 4.79 Å². The summed E-state index contributed by atoms with van der Waals surface area (Å²) >= 11 is 0. The van der Waals surface area contributed by atoms with Crippen molar-refractivity contribution in [3.8, 4) is 0 Å². The molecule has 0 spiro atoms. The molecule has 0 saturated heterocycles. The number of aromatic nitrogens is 1. The zero-order valence-corrected chi connectivity index (χ0v) is 13.0. The SMILES string of the molecule is Cc1noc(C)c1CCNC(=O)c1ccc(CN)cc1.Cl. The molecule has 114 valence electrons. The van der Waals surface area contributed by atoms with E-state index in [9.17, 15) is 4.79 Å². The van der Waals surface area contributed by atoms with Gasteiger partial charge in [-0.2, -0.15) is 0 Å². The maximum Gasteiger partial charge on any atom is 0.251 e. The standard InChI is InChI=1S/C15H19N3O2.ClH/c1-10-14(11(2)20-18-10)7-8-17-15(19)13-5-3-12(9-16)4-6-13;/h3-6H,7-9,16H2,1-2H3,(H,17,19);1H. The summed E-state index contributed by atoms with van der Waals surface area (Å²) in [7, 11) is 0. The summed E-state index contributed by atoms with van der Waals surface area (Å²) in [5.74, 6) is 0.726. The molecule has 1 heterocycles. The van der Waals surface area contributed by atoms with Crippen LogP contribution in [0, 0.1) is 13.8 Å². The van der Waals surface area contributed by atoms with Crippen molar-refractivity contribution in [1.29, 1.82) is 0 Å². The summed E-state index contributed by atoms with van der Waals surface area (Å²) in [6, 6.07) is 7.30. The van der Waals surface area contributed by atoms with Crippen LogP contribution in [0.5, 0.6) is 0 Å². The highest BCUT2D eigenvalue weighted by Gasteiger charge is 2.10. The van der Waals surface area contributed by atoms with Crippen LogP contribution in [0.15, 0.2) is 28.8 Å². The minimum absolute atomic E-state index is 0. The van der Waals surface area contributed by atoms with Gasteiger partial charge in [-0.1, -0.05) is 17.3 Å². The van der Waals surface area contributed by atoms with Crippen LogP contribution in [-0.4, -0.2) is 17.6 Å². The van der Waals surface area contributed by atoms with E-state index in [1.165, 1.54) is 0 Å². The highest BCUT2D eigenvalue weighted by Crippen LogP contribution is 2.12. The van der Waals surface area contributed by atoms with Gasteiger partial charge in [-0.25, -0.2) is 0 Å². The minimum Gasteiger partial charge on any atom is -0.361 e. The molecule has 1 amide bonds. The number of carbonyl (C=O) groups is 1. The second-order valence-corrected chi connectivity index (χ2v) is 4.71. The lowest BCUT2D eigenvalue weighted by Crippen LogP contribution is -2.25. The first-order chi connectivity index (χ1) is 9.61. The normalized spacial score (nSPS) is 10.0. The Hall–Kier alpha value is -1.85. The van der Waals surface area contributed by atoms with Crippen molar-refractivity contribution in [3.63, 3.8) is 0 Å². The van der Waals surface area contributed by atoms with Crippen LogP contribution in [-0.2, 0) is 13.0 Å². The molecule has 0 unspecified atom stereocenters. The van der Waals surface area contributed by atoms with Crippen molar-refractivity contribution >= 4 is 18.3 Å². The van der Waals surface area contributed by atoms with Crippen LogP contribution in [0.2, 0.25) is 0 Å². The Kier molecular flexibility index (Phi) is 6.39. The second kappa shape index (κ2) is 7.81. The highest BCUT2D eigenvalue weighted by atomic mass is 35.5. The van der Waals surface area contributed by atoms with E-state index in [1.807, 2.05) is 26.0 Å². The van der Waals surface area contributed by atoms with Crippen LogP contribution in [0.4, 0.5) is 0 Å². The van der Waals surface area contributed by atoms with E-state index in [0.717, 1.165) is 22.6 Å². The van der Waals surface area contributed by atoms with E-state index >= 15 is 0 Å². The third-order valence-corrected chi connectivity index (χ3v) is 3.29. The van der Waals surface area contributed by atoms with E-state index < -0.39 is 0 Å². The number of amides is 1. The molecule has 0 saturated carbocycles. The zero-order chi connectivity index (χ0) is 14.5. The summed E-state index contributed by atoms with van der Waals surface area (Å²) in [4.78, 5) is 12.0. The van der Waals surface area contributed by atoms with Gasteiger partial charge in [0.25, 0.3) is 5.91 Å². The Morgan fingerprint density at radius 2 is 1.95 bits per heavy atom. The monoisotopic (exact) mass is 309 g/mol. The maximum absolute atomic E-state index is 12.0. The van der Waals surface area contributed by atoms with E-state index in [0.29, 0.717) is 25.1 Å². The fourth-order valence-electron chi connectivity index (χ4n) is 2.05. The van der Waals surface area contributed by atoms with Gasteiger partial charge >= 0.3 is 0 Å². The molecule has 2 rings (SSSR count). The molecule has 0 atom stereocenters. The van der Waals surface area contributed by atoms with Gasteiger partial charge in [-0.15, -0.1) is 12.4 Å². The number of nitrogens with one attached hydrogen (secondary N) is 1. The van der Waals surface area contributed by atoms with Gasteiger partial charge in [0, 0.05) is 24.2 Å². The Morgan fingerprint density at radius 3 is 2.48 bits per heavy atom. The molecular weight excluding hydrogens is 290 g/mol. The molecule has 0 bridgehead atoms. The molecule has 5 nitrogen and oxygen atoms in total. The summed E-state index contributed by atoms with van der Waals surface area (Å²) < 4.78 is 5.09. The smallest absolute Gasteiger partial charge is 0.251 e. The average Bonchev–Trinajstić information content (AvgIpc) is 2.79. The molecule has 0 aliphatic heterocycles. The van der Waals surface area contributed by atoms with Crippen LogP contribution < -0.4 is 11.1 Å². The lowest BCUT2D eigenvalue weighted by Gasteiger charge is -2.06. The molecular formula is C15H20ClN3O2. The molecule has 21 heavy (non-hydrogen) atoms. The molecule has 2 aromatic rings. The van der Waals surface area contributed by atoms with E-state index in [1.54, 1.807) is 12.1 Å². The largest absolute Gasteiger partial charge is 0.361 e. The number of rotatable bonds is 5. The van der Waals surface area contributed by atoms with Gasteiger partial charge in [0.2, 0.25) is 0 Å². The van der Waals surface area contributed by atoms with Gasteiger partial charge in [-0.05, 0) is 38.0 Å². The zero-order valence-electron chi connectivity index (χ0n) is 12.2. The Bertz CT molecular complexity index is 574. The lowest BCUT2D eigenvalue weighted by molar-refractivity contribution is 0.0954. The lowest BCUT2D eigenvalue weighted by atomic mass is 10.1. The number of hydrogen-bond donors (Lipinski definition) is 2. The third-order valence-electron chi connectivity index (χ3n) is 3.29. The molecule has 0 aliphatic carbocycles. The highest BCUT2D eigenvalue weighted by molar-refractivity contribution is 5.94. The van der Waals surface area contributed by atoms with Crippen molar-refractivity contribution in [2.24, 2.45) is 5.73 Å². The number of benzene rings is 1. The van der Waals surface area contributed by atoms with Gasteiger partial charge in [0.05, 0.1) is 5.69 Å². The molecule has 0 aliphatic rings. The van der Waals surface area contributed by atoms with E-state index in [2.05, 4.69) is 10.5 Å². The van der Waals surface area contributed by atoms with Crippen LogP contribution >= 0.6 is 12.4 Å². The summed E-state index contributed by atoms with van der Waals surface area (Å²) in [5.41, 5.74) is 9.11. The molecule has 1 aromatic heterocycles. The Labute approximate surface area is 130 Å². The first kappa shape index (κ1) is 17.2. The first-order valence-corrected chi connectivity index (χ1v) is 6.60. The fourth-order valence-corrected chi connectivity index (χ4v) is 2.05. The second-order valence-electron chi connectivity index (χ2n) is 4.71. The van der Waals surface area contributed by atoms with Crippen molar-refractivity contribution in [2.45, 2.75) is 26.8 Å². The van der Waals surface area contributed by atoms with Crippen molar-refractivity contribution < 1.29 is 9.32 Å². The van der Waals surface area contributed by atoms with Crippen molar-refractivity contribution in [3.05, 3.63) is 52.4 Å².